The number of rotatable bonds is 2. The monoisotopic (exact) mass is 318 g/mol. The molecule has 1 heterocycles. The molecular weight excluding hydrogens is 308 g/mol. The van der Waals surface area contributed by atoms with Gasteiger partial charge in [0.2, 0.25) is 0 Å². The van der Waals surface area contributed by atoms with Gasteiger partial charge in [0, 0.05) is 10.0 Å². The van der Waals surface area contributed by atoms with Crippen LogP contribution in [-0.4, -0.2) is 11.6 Å². The number of carbonyl (C=O) groups is 2. The maximum absolute atomic E-state index is 12.4. The molecule has 0 fully saturated rings. The van der Waals surface area contributed by atoms with E-state index in [2.05, 4.69) is 15.9 Å². The maximum Gasteiger partial charge on any atom is 0.177 e. The summed E-state index contributed by atoms with van der Waals surface area (Å²) in [6, 6.07) is 7.11. The molecule has 1 aromatic heterocycles. The van der Waals surface area contributed by atoms with Gasteiger partial charge in [0.1, 0.15) is 5.76 Å². The summed E-state index contributed by atoms with van der Waals surface area (Å²) in [6.45, 7) is 1.73. The molecule has 1 aromatic carbocycles. The van der Waals surface area contributed by atoms with Crippen molar-refractivity contribution < 1.29 is 14.0 Å². The molecule has 0 saturated heterocycles. The number of halogens is 1. The third-order valence-electron chi connectivity index (χ3n) is 3.55. The molecule has 1 aliphatic carbocycles. The molecule has 0 N–H and O–H groups in total. The predicted molar refractivity (Wildman–Crippen MR) is 73.4 cm³/mol. The van der Waals surface area contributed by atoms with E-state index in [0.29, 0.717) is 23.3 Å². The number of ketones is 2. The van der Waals surface area contributed by atoms with Crippen LogP contribution in [0.25, 0.3) is 0 Å². The van der Waals surface area contributed by atoms with Crippen LogP contribution in [0.3, 0.4) is 0 Å². The number of fused-ring (bicyclic) bond motifs is 1. The van der Waals surface area contributed by atoms with Gasteiger partial charge in [-0.25, -0.2) is 0 Å². The molecule has 1 atom stereocenters. The second-order valence-electron chi connectivity index (χ2n) is 4.64. The maximum atomic E-state index is 12.4. The van der Waals surface area contributed by atoms with Crippen LogP contribution in [-0.2, 0) is 6.42 Å². The summed E-state index contributed by atoms with van der Waals surface area (Å²) >= 11 is 3.43. The number of furan rings is 1. The highest BCUT2D eigenvalue weighted by Gasteiger charge is 2.37. The van der Waals surface area contributed by atoms with Crippen LogP contribution < -0.4 is 0 Å². The fourth-order valence-electron chi connectivity index (χ4n) is 2.52. The van der Waals surface area contributed by atoms with Gasteiger partial charge in [0.25, 0.3) is 0 Å². The highest BCUT2D eigenvalue weighted by atomic mass is 79.9. The van der Waals surface area contributed by atoms with Crippen molar-refractivity contribution >= 4 is 27.5 Å². The van der Waals surface area contributed by atoms with Gasteiger partial charge in [-0.3, -0.25) is 9.59 Å². The molecule has 2 aromatic rings. The molecule has 1 unspecified atom stereocenters. The second kappa shape index (κ2) is 4.46. The topological polar surface area (TPSA) is 47.3 Å². The number of carbonyl (C=O) groups excluding carboxylic acids is 2. The fraction of sp³-hybridized carbons (Fsp3) is 0.200. The van der Waals surface area contributed by atoms with E-state index in [1.165, 1.54) is 6.26 Å². The van der Waals surface area contributed by atoms with Crippen molar-refractivity contribution in [1.82, 2.24) is 0 Å². The van der Waals surface area contributed by atoms with Crippen LogP contribution in [0.2, 0.25) is 0 Å². The summed E-state index contributed by atoms with van der Waals surface area (Å²) in [6.07, 6.45) is 1.93. The first-order chi connectivity index (χ1) is 9.09. The van der Waals surface area contributed by atoms with Crippen molar-refractivity contribution in [3.05, 3.63) is 57.5 Å². The number of benzene rings is 1. The number of Topliss-reactive ketones (excluding diaryl/α,β-unsaturated/α-hetero) is 2. The van der Waals surface area contributed by atoms with Crippen LogP contribution in [0.5, 0.6) is 0 Å². The van der Waals surface area contributed by atoms with Crippen molar-refractivity contribution in [2.24, 2.45) is 5.92 Å². The number of aryl methyl sites for hydroxylation is 1. The van der Waals surface area contributed by atoms with Gasteiger partial charge in [-0.2, -0.15) is 0 Å². The van der Waals surface area contributed by atoms with Crippen molar-refractivity contribution in [2.75, 3.05) is 0 Å². The third-order valence-corrected chi connectivity index (χ3v) is 4.29. The van der Waals surface area contributed by atoms with Crippen molar-refractivity contribution in [2.45, 2.75) is 13.3 Å². The van der Waals surface area contributed by atoms with E-state index in [-0.39, 0.29) is 11.6 Å². The van der Waals surface area contributed by atoms with E-state index in [1.807, 2.05) is 12.1 Å². The molecule has 4 heteroatoms. The lowest BCUT2D eigenvalue weighted by molar-refractivity contribution is 0.0821. The average molecular weight is 319 g/mol. The van der Waals surface area contributed by atoms with Gasteiger partial charge >= 0.3 is 0 Å². The molecule has 0 radical (unpaired) electrons. The normalized spacial score (nSPS) is 17.6. The zero-order valence-electron chi connectivity index (χ0n) is 10.3. The molecule has 96 valence electrons. The van der Waals surface area contributed by atoms with Gasteiger partial charge in [0.05, 0.1) is 17.7 Å². The molecular formula is C15H11BrO3. The fourth-order valence-corrected chi connectivity index (χ4v) is 3.05. The summed E-state index contributed by atoms with van der Waals surface area (Å²) in [7, 11) is 0. The van der Waals surface area contributed by atoms with E-state index in [1.54, 1.807) is 19.1 Å². The Morgan fingerprint density at radius 3 is 2.79 bits per heavy atom. The van der Waals surface area contributed by atoms with Gasteiger partial charge in [-0.1, -0.05) is 28.1 Å². The zero-order chi connectivity index (χ0) is 13.6. The van der Waals surface area contributed by atoms with E-state index in [4.69, 9.17) is 4.42 Å². The van der Waals surface area contributed by atoms with Crippen molar-refractivity contribution in [3.8, 4) is 0 Å². The van der Waals surface area contributed by atoms with Crippen LogP contribution in [0.1, 0.15) is 32.0 Å². The quantitative estimate of drug-likeness (QED) is 0.628. The highest BCUT2D eigenvalue weighted by molar-refractivity contribution is 9.10. The summed E-state index contributed by atoms with van der Waals surface area (Å²) in [5, 5.41) is 0. The zero-order valence-corrected chi connectivity index (χ0v) is 11.9. The van der Waals surface area contributed by atoms with Gasteiger partial charge in [0.15, 0.2) is 11.6 Å². The van der Waals surface area contributed by atoms with Crippen molar-refractivity contribution in [3.63, 3.8) is 0 Å². The molecule has 0 bridgehead atoms. The molecule has 1 aliphatic rings. The highest BCUT2D eigenvalue weighted by Crippen LogP contribution is 2.34. The van der Waals surface area contributed by atoms with Crippen LogP contribution >= 0.6 is 15.9 Å². The standard InChI is InChI=1S/C15H11BrO3/c1-8-9(5-6-19-8)14(17)12-7-11-10(15(12)18)3-2-4-13(11)16/h2-6,12H,7H2,1H3. The Hall–Kier alpha value is -1.68. The lowest BCUT2D eigenvalue weighted by Gasteiger charge is -2.05. The molecule has 0 amide bonds. The predicted octanol–water partition coefficient (Wildman–Crippen LogP) is 3.59. The number of hydrogen-bond acceptors (Lipinski definition) is 3. The molecule has 0 aliphatic heterocycles. The lowest BCUT2D eigenvalue weighted by atomic mass is 9.94. The largest absolute Gasteiger partial charge is 0.469 e. The first kappa shape index (κ1) is 12.4. The lowest BCUT2D eigenvalue weighted by Crippen LogP contribution is -2.21. The molecule has 3 rings (SSSR count). The molecule has 19 heavy (non-hydrogen) atoms. The minimum atomic E-state index is -0.620. The van der Waals surface area contributed by atoms with Gasteiger partial charge < -0.3 is 4.42 Å². The Morgan fingerprint density at radius 2 is 2.16 bits per heavy atom. The van der Waals surface area contributed by atoms with Crippen LogP contribution in [0.4, 0.5) is 0 Å². The van der Waals surface area contributed by atoms with Crippen LogP contribution in [0, 0.1) is 12.8 Å². The Balaban J connectivity index is 1.99. The summed E-state index contributed by atoms with van der Waals surface area (Å²) in [5.74, 6) is -0.306. The SMILES string of the molecule is Cc1occc1C(=O)C1Cc2c(Br)cccc2C1=O. The molecule has 3 nitrogen and oxygen atoms in total. The summed E-state index contributed by atoms with van der Waals surface area (Å²) in [4.78, 5) is 24.7. The Labute approximate surface area is 118 Å². The molecule has 0 spiro atoms. The number of hydrogen-bond donors (Lipinski definition) is 0. The minimum Gasteiger partial charge on any atom is -0.469 e. The Morgan fingerprint density at radius 1 is 1.37 bits per heavy atom. The average Bonchev–Trinajstić information content (AvgIpc) is 2.95. The minimum absolute atomic E-state index is 0.0955. The van der Waals surface area contributed by atoms with E-state index in [0.717, 1.165) is 10.0 Å². The first-order valence-corrected chi connectivity index (χ1v) is 6.79. The van der Waals surface area contributed by atoms with Crippen LogP contribution in [0.15, 0.2) is 39.4 Å². The Kier molecular flexibility index (Phi) is 2.90. The van der Waals surface area contributed by atoms with E-state index >= 15 is 0 Å². The second-order valence-corrected chi connectivity index (χ2v) is 5.50. The smallest absolute Gasteiger partial charge is 0.177 e. The van der Waals surface area contributed by atoms with Gasteiger partial charge in [-0.15, -0.1) is 0 Å². The van der Waals surface area contributed by atoms with E-state index in [9.17, 15) is 9.59 Å². The first-order valence-electron chi connectivity index (χ1n) is 5.99. The summed E-state index contributed by atoms with van der Waals surface area (Å²) in [5.41, 5.74) is 2.07. The van der Waals surface area contributed by atoms with Gasteiger partial charge in [-0.05, 0) is 31.0 Å². The summed E-state index contributed by atoms with van der Waals surface area (Å²) < 4.78 is 6.03. The Bertz CT molecular complexity index is 684. The molecule has 0 saturated carbocycles. The van der Waals surface area contributed by atoms with Crippen molar-refractivity contribution in [1.29, 1.82) is 0 Å². The third kappa shape index (κ3) is 1.87. The van der Waals surface area contributed by atoms with E-state index < -0.39 is 5.92 Å².